The number of carboxylic acids is 1. The van der Waals surface area contributed by atoms with Gasteiger partial charge in [-0.05, 0) is 39.3 Å². The summed E-state index contributed by atoms with van der Waals surface area (Å²) in [6, 6.07) is 0.954. The molecule has 25 heavy (non-hydrogen) atoms. The maximum atomic E-state index is 13.3. The molecule has 1 aromatic rings. The van der Waals surface area contributed by atoms with Crippen LogP contribution in [0.1, 0.15) is 49.2 Å². The first-order chi connectivity index (χ1) is 11.4. The molecule has 0 radical (unpaired) electrons. The predicted octanol–water partition coefficient (Wildman–Crippen LogP) is 1.97. The number of aliphatic hydroxyl groups is 2. The summed E-state index contributed by atoms with van der Waals surface area (Å²) in [5, 5.41) is 31.3. The zero-order valence-corrected chi connectivity index (χ0v) is 14.0. The van der Waals surface area contributed by atoms with E-state index in [0.717, 1.165) is 0 Å². The summed E-state index contributed by atoms with van der Waals surface area (Å²) in [5.41, 5.74) is -1.83. The fourth-order valence-corrected chi connectivity index (χ4v) is 1.99. The van der Waals surface area contributed by atoms with Gasteiger partial charge in [0.2, 0.25) is 0 Å². The van der Waals surface area contributed by atoms with E-state index >= 15 is 0 Å². The van der Waals surface area contributed by atoms with Gasteiger partial charge in [0.15, 0.2) is 11.6 Å². The zero-order chi connectivity index (χ0) is 19.4. The molecule has 9 heteroatoms. The molecule has 0 aliphatic heterocycles. The molecule has 1 aromatic carbocycles. The monoisotopic (exact) mass is 361 g/mol. The fraction of sp³-hybridized carbons (Fsp3) is 0.500. The van der Waals surface area contributed by atoms with E-state index in [4.69, 9.17) is 9.84 Å². The van der Waals surface area contributed by atoms with Gasteiger partial charge in [0, 0.05) is 12.1 Å². The highest BCUT2D eigenvalue weighted by Gasteiger charge is 2.26. The molecular formula is C16H21F2NO6. The summed E-state index contributed by atoms with van der Waals surface area (Å²) in [4.78, 5) is 22.6. The van der Waals surface area contributed by atoms with Crippen molar-refractivity contribution in [2.45, 2.75) is 45.0 Å². The molecule has 0 bridgehead atoms. The molecule has 0 aliphatic rings. The number of aromatic carboxylic acids is 1. The Morgan fingerprint density at radius 1 is 1.20 bits per heavy atom. The minimum absolute atomic E-state index is 0.0841. The van der Waals surface area contributed by atoms with Crippen molar-refractivity contribution in [3.8, 4) is 0 Å². The van der Waals surface area contributed by atoms with Crippen molar-refractivity contribution < 1.29 is 38.4 Å². The number of amides is 1. The summed E-state index contributed by atoms with van der Waals surface area (Å²) in [6.45, 7) is 4.92. The Bertz CT molecular complexity index is 644. The van der Waals surface area contributed by atoms with Crippen LogP contribution < -0.4 is 5.32 Å². The van der Waals surface area contributed by atoms with Crippen molar-refractivity contribution in [3.63, 3.8) is 0 Å². The average Bonchev–Trinajstić information content (AvgIpc) is 2.46. The van der Waals surface area contributed by atoms with Crippen LogP contribution in [-0.4, -0.2) is 45.6 Å². The molecule has 1 rings (SSSR count). The first-order valence-corrected chi connectivity index (χ1v) is 7.47. The SMILES string of the molecule is CC(C)(C)OC(=O)NCCC(O)C(O)c1cc(F)c(F)cc1C(=O)O. The third-order valence-corrected chi connectivity index (χ3v) is 3.11. The van der Waals surface area contributed by atoms with Crippen molar-refractivity contribution in [1.29, 1.82) is 0 Å². The maximum Gasteiger partial charge on any atom is 0.407 e. The molecule has 0 fully saturated rings. The van der Waals surface area contributed by atoms with Gasteiger partial charge in [-0.1, -0.05) is 0 Å². The summed E-state index contributed by atoms with van der Waals surface area (Å²) < 4.78 is 31.5. The van der Waals surface area contributed by atoms with Gasteiger partial charge in [-0.2, -0.15) is 0 Å². The number of nitrogens with one attached hydrogen (secondary N) is 1. The lowest BCUT2D eigenvalue weighted by atomic mass is 9.96. The standard InChI is InChI=1S/C16H21F2NO6/c1-16(2,3)25-15(24)19-5-4-12(20)13(21)8-6-10(17)11(18)7-9(8)14(22)23/h6-7,12-13,20-21H,4-5H2,1-3H3,(H,19,24)(H,22,23). The van der Waals surface area contributed by atoms with Gasteiger partial charge >= 0.3 is 12.1 Å². The lowest BCUT2D eigenvalue weighted by molar-refractivity contribution is 0.0113. The second kappa shape index (κ2) is 8.21. The van der Waals surface area contributed by atoms with E-state index in [-0.39, 0.29) is 13.0 Å². The molecule has 1 amide bonds. The Kier molecular flexibility index (Phi) is 6.83. The summed E-state index contributed by atoms with van der Waals surface area (Å²) in [7, 11) is 0. The molecule has 7 nitrogen and oxygen atoms in total. The van der Waals surface area contributed by atoms with Gasteiger partial charge in [-0.3, -0.25) is 0 Å². The van der Waals surface area contributed by atoms with E-state index in [1.165, 1.54) is 0 Å². The summed E-state index contributed by atoms with van der Waals surface area (Å²) in [6.07, 6.45) is -4.19. The Morgan fingerprint density at radius 2 is 1.76 bits per heavy atom. The number of benzene rings is 1. The molecule has 0 saturated heterocycles. The van der Waals surface area contributed by atoms with Crippen molar-refractivity contribution >= 4 is 12.1 Å². The van der Waals surface area contributed by atoms with Crippen LogP contribution in [0.15, 0.2) is 12.1 Å². The molecule has 0 spiro atoms. The largest absolute Gasteiger partial charge is 0.478 e. The predicted molar refractivity (Wildman–Crippen MR) is 83.1 cm³/mol. The van der Waals surface area contributed by atoms with E-state index < -0.39 is 52.6 Å². The Labute approximate surface area is 143 Å². The maximum absolute atomic E-state index is 13.3. The van der Waals surface area contributed by atoms with E-state index in [1.807, 2.05) is 0 Å². The minimum Gasteiger partial charge on any atom is -0.478 e. The lowest BCUT2D eigenvalue weighted by Gasteiger charge is -2.22. The molecule has 2 atom stereocenters. The molecule has 0 saturated carbocycles. The average molecular weight is 361 g/mol. The van der Waals surface area contributed by atoms with Gasteiger partial charge in [0.1, 0.15) is 11.7 Å². The van der Waals surface area contributed by atoms with Crippen LogP contribution in [0.3, 0.4) is 0 Å². The van der Waals surface area contributed by atoms with Crippen LogP contribution in [0.4, 0.5) is 13.6 Å². The number of carboxylic acid groups (broad SMARTS) is 1. The first kappa shape index (κ1) is 20.8. The Balaban J connectivity index is 2.74. The Morgan fingerprint density at radius 3 is 2.28 bits per heavy atom. The minimum atomic E-state index is -1.78. The van der Waals surface area contributed by atoms with Crippen molar-refractivity contribution in [3.05, 3.63) is 34.9 Å². The molecule has 2 unspecified atom stereocenters. The van der Waals surface area contributed by atoms with Crippen LogP contribution in [-0.2, 0) is 4.74 Å². The van der Waals surface area contributed by atoms with Crippen molar-refractivity contribution in [2.75, 3.05) is 6.54 Å². The third kappa shape index (κ3) is 6.28. The number of ether oxygens (including phenoxy) is 1. The van der Waals surface area contributed by atoms with Crippen molar-refractivity contribution in [2.24, 2.45) is 0 Å². The number of carbonyl (C=O) groups excluding carboxylic acids is 1. The number of rotatable bonds is 6. The quantitative estimate of drug-likeness (QED) is 0.616. The number of halogens is 2. The molecular weight excluding hydrogens is 340 g/mol. The van der Waals surface area contributed by atoms with E-state index in [2.05, 4.69) is 5.32 Å². The molecule has 0 aromatic heterocycles. The topological polar surface area (TPSA) is 116 Å². The number of hydrogen-bond donors (Lipinski definition) is 4. The van der Waals surface area contributed by atoms with Crippen molar-refractivity contribution in [1.82, 2.24) is 5.32 Å². The number of carbonyl (C=O) groups is 2. The number of alkyl carbamates (subject to hydrolysis) is 1. The van der Waals surface area contributed by atoms with Crippen LogP contribution in [0.5, 0.6) is 0 Å². The highest BCUT2D eigenvalue weighted by atomic mass is 19.2. The van der Waals surface area contributed by atoms with Crippen LogP contribution in [0.25, 0.3) is 0 Å². The normalized spacial score (nSPS) is 13.9. The highest BCUT2D eigenvalue weighted by molar-refractivity contribution is 5.89. The zero-order valence-electron chi connectivity index (χ0n) is 14.0. The van der Waals surface area contributed by atoms with E-state index in [1.54, 1.807) is 20.8 Å². The van der Waals surface area contributed by atoms with Crippen LogP contribution >= 0.6 is 0 Å². The molecule has 0 aliphatic carbocycles. The van der Waals surface area contributed by atoms with Crippen LogP contribution in [0.2, 0.25) is 0 Å². The molecule has 4 N–H and O–H groups in total. The van der Waals surface area contributed by atoms with Gasteiger partial charge < -0.3 is 25.4 Å². The third-order valence-electron chi connectivity index (χ3n) is 3.11. The van der Waals surface area contributed by atoms with Gasteiger partial charge in [0.05, 0.1) is 11.7 Å². The smallest absolute Gasteiger partial charge is 0.407 e. The Hall–Kier alpha value is -2.26. The lowest BCUT2D eigenvalue weighted by Crippen LogP contribution is -2.34. The fourth-order valence-electron chi connectivity index (χ4n) is 1.99. The highest BCUT2D eigenvalue weighted by Crippen LogP contribution is 2.25. The van der Waals surface area contributed by atoms with Gasteiger partial charge in [-0.15, -0.1) is 0 Å². The number of aliphatic hydroxyl groups excluding tert-OH is 2. The molecule has 140 valence electrons. The second-order valence-corrected chi connectivity index (χ2v) is 6.39. The molecule has 0 heterocycles. The van der Waals surface area contributed by atoms with E-state index in [9.17, 15) is 28.6 Å². The van der Waals surface area contributed by atoms with E-state index in [0.29, 0.717) is 12.1 Å². The van der Waals surface area contributed by atoms with Gasteiger partial charge in [0.25, 0.3) is 0 Å². The second-order valence-electron chi connectivity index (χ2n) is 6.39. The van der Waals surface area contributed by atoms with Crippen LogP contribution in [0, 0.1) is 11.6 Å². The summed E-state index contributed by atoms with van der Waals surface area (Å²) >= 11 is 0. The summed E-state index contributed by atoms with van der Waals surface area (Å²) in [5.74, 6) is -4.31. The number of hydrogen-bond acceptors (Lipinski definition) is 5. The van der Waals surface area contributed by atoms with Gasteiger partial charge in [-0.25, -0.2) is 18.4 Å². The first-order valence-electron chi connectivity index (χ1n) is 7.47.